The van der Waals surface area contributed by atoms with Crippen LogP contribution in [0.2, 0.25) is 5.02 Å². The van der Waals surface area contributed by atoms with Crippen LogP contribution < -0.4 is 14.4 Å². The quantitative estimate of drug-likeness (QED) is 0.458. The van der Waals surface area contributed by atoms with Crippen molar-refractivity contribution in [2.45, 2.75) is 24.3 Å². The van der Waals surface area contributed by atoms with Crippen molar-refractivity contribution in [3.8, 4) is 5.75 Å². The van der Waals surface area contributed by atoms with E-state index >= 15 is 0 Å². The molecule has 9 nitrogen and oxygen atoms in total. The fourth-order valence-electron chi connectivity index (χ4n) is 3.05. The Hall–Kier alpha value is -2.34. The minimum Gasteiger partial charge on any atom is -0.492 e. The summed E-state index contributed by atoms with van der Waals surface area (Å²) < 4.78 is 56.8. The monoisotopic (exact) mass is 517 g/mol. The molecule has 0 aliphatic heterocycles. The molecule has 0 saturated carbocycles. The molecule has 33 heavy (non-hydrogen) atoms. The first-order valence-electron chi connectivity index (χ1n) is 10.1. The van der Waals surface area contributed by atoms with Crippen molar-refractivity contribution in [1.29, 1.82) is 0 Å². The first-order valence-corrected chi connectivity index (χ1v) is 13.7. The summed E-state index contributed by atoms with van der Waals surface area (Å²) in [7, 11) is -4.39. The molecule has 182 valence electrons. The summed E-state index contributed by atoms with van der Waals surface area (Å²) in [6, 6.07) is 11.3. The Labute approximate surface area is 200 Å². The van der Waals surface area contributed by atoms with Gasteiger partial charge in [-0.3, -0.25) is 9.10 Å². The first-order chi connectivity index (χ1) is 15.4. The highest BCUT2D eigenvalue weighted by Gasteiger charge is 2.31. The average Bonchev–Trinajstić information content (AvgIpc) is 2.74. The van der Waals surface area contributed by atoms with E-state index in [1.54, 1.807) is 25.1 Å². The largest absolute Gasteiger partial charge is 0.492 e. The topological polar surface area (TPSA) is 113 Å². The van der Waals surface area contributed by atoms with Gasteiger partial charge in [0.1, 0.15) is 18.4 Å². The number of amides is 1. The summed E-state index contributed by atoms with van der Waals surface area (Å²) in [6.45, 7) is 1.95. The molecule has 0 saturated heterocycles. The van der Waals surface area contributed by atoms with Crippen molar-refractivity contribution in [3.63, 3.8) is 0 Å². The molecule has 0 aliphatic rings. The Balaban J connectivity index is 2.01. The van der Waals surface area contributed by atoms with E-state index in [4.69, 9.17) is 16.3 Å². The van der Waals surface area contributed by atoms with Crippen LogP contribution >= 0.6 is 11.6 Å². The fraction of sp³-hybridized carbons (Fsp3) is 0.381. The van der Waals surface area contributed by atoms with E-state index < -0.39 is 32.0 Å². The number of carbonyl (C=O) groups excluding carboxylic acids is 1. The van der Waals surface area contributed by atoms with Gasteiger partial charge in [-0.1, -0.05) is 24.6 Å². The van der Waals surface area contributed by atoms with Crippen LogP contribution in [-0.2, 0) is 24.8 Å². The Kier molecular flexibility index (Phi) is 9.12. The number of anilines is 1. The van der Waals surface area contributed by atoms with E-state index in [1.165, 1.54) is 44.4 Å². The molecule has 0 aromatic heterocycles. The molecule has 12 heteroatoms. The number of halogens is 1. The van der Waals surface area contributed by atoms with Crippen molar-refractivity contribution in [2.75, 3.05) is 37.8 Å². The first kappa shape index (κ1) is 26.9. The summed E-state index contributed by atoms with van der Waals surface area (Å²) in [6.07, 6.45) is 1.28. The number of benzene rings is 2. The second-order valence-corrected chi connectivity index (χ2v) is 11.8. The molecule has 0 bridgehead atoms. The molecule has 0 fully saturated rings. The molecule has 0 radical (unpaired) electrons. The van der Waals surface area contributed by atoms with Crippen molar-refractivity contribution in [1.82, 2.24) is 9.62 Å². The Morgan fingerprint density at radius 1 is 1.09 bits per heavy atom. The van der Waals surface area contributed by atoms with E-state index in [9.17, 15) is 21.6 Å². The maximum absolute atomic E-state index is 12.8. The number of carbonyl (C=O) groups is 1. The molecule has 2 rings (SSSR count). The highest BCUT2D eigenvalue weighted by atomic mass is 35.5. The third-order valence-electron chi connectivity index (χ3n) is 4.66. The minimum absolute atomic E-state index is 0.109. The van der Waals surface area contributed by atoms with Gasteiger partial charge in [0.2, 0.25) is 26.0 Å². The maximum atomic E-state index is 12.8. The van der Waals surface area contributed by atoms with Crippen LogP contribution in [0.3, 0.4) is 0 Å². The fourth-order valence-corrected chi connectivity index (χ4v) is 5.34. The highest BCUT2D eigenvalue weighted by molar-refractivity contribution is 7.92. The lowest BCUT2D eigenvalue weighted by atomic mass is 10.2. The number of nitrogens with zero attached hydrogens (tertiary/aromatic N) is 2. The molecule has 1 amide bonds. The van der Waals surface area contributed by atoms with Crippen molar-refractivity contribution < 1.29 is 26.4 Å². The maximum Gasteiger partial charge on any atom is 0.244 e. The molecular weight excluding hydrogens is 490 g/mol. The number of hydrogen-bond donors (Lipinski definition) is 1. The predicted octanol–water partition coefficient (Wildman–Crippen LogP) is 2.33. The number of sulfonamides is 2. The van der Waals surface area contributed by atoms with Gasteiger partial charge in [0.05, 0.1) is 23.4 Å². The summed E-state index contributed by atoms with van der Waals surface area (Å²) >= 11 is 6.00. The smallest absolute Gasteiger partial charge is 0.244 e. The molecule has 1 N–H and O–H groups in total. The number of hydrogen-bond acceptors (Lipinski definition) is 6. The van der Waals surface area contributed by atoms with Crippen LogP contribution in [0, 0.1) is 0 Å². The van der Waals surface area contributed by atoms with Gasteiger partial charge in [-0.25, -0.2) is 21.1 Å². The summed E-state index contributed by atoms with van der Waals surface area (Å²) in [4.78, 5) is 12.9. The molecule has 1 atom stereocenters. The van der Waals surface area contributed by atoms with Gasteiger partial charge in [-0.05, 0) is 48.9 Å². The van der Waals surface area contributed by atoms with E-state index in [0.29, 0.717) is 16.5 Å². The van der Waals surface area contributed by atoms with Crippen LogP contribution in [0.25, 0.3) is 0 Å². The minimum atomic E-state index is -3.76. The van der Waals surface area contributed by atoms with Gasteiger partial charge >= 0.3 is 0 Å². The van der Waals surface area contributed by atoms with E-state index in [1.807, 2.05) is 0 Å². The lowest BCUT2D eigenvalue weighted by Gasteiger charge is -2.30. The van der Waals surface area contributed by atoms with Crippen LogP contribution in [0.1, 0.15) is 13.3 Å². The normalized spacial score (nSPS) is 12.9. The second kappa shape index (κ2) is 11.2. The third kappa shape index (κ3) is 7.07. The summed E-state index contributed by atoms with van der Waals surface area (Å²) in [5.41, 5.74) is 0.302. The van der Waals surface area contributed by atoms with Crippen LogP contribution in [0.15, 0.2) is 53.4 Å². The number of rotatable bonds is 11. The average molecular weight is 518 g/mol. The second-order valence-electron chi connectivity index (χ2n) is 7.36. The van der Waals surface area contributed by atoms with E-state index in [-0.39, 0.29) is 24.5 Å². The van der Waals surface area contributed by atoms with Gasteiger partial charge in [0.25, 0.3) is 0 Å². The molecule has 2 aromatic rings. The summed E-state index contributed by atoms with van der Waals surface area (Å²) in [5.74, 6) is -0.0374. The van der Waals surface area contributed by atoms with E-state index in [2.05, 4.69) is 5.32 Å². The van der Waals surface area contributed by atoms with Crippen LogP contribution in [0.5, 0.6) is 5.75 Å². The molecule has 1 unspecified atom stereocenters. The number of ether oxygens (including phenoxy) is 1. The highest BCUT2D eigenvalue weighted by Crippen LogP contribution is 2.25. The van der Waals surface area contributed by atoms with Gasteiger partial charge in [0.15, 0.2) is 0 Å². The SMILES string of the molecule is CCC(C(=O)NCCOc1ccc(S(=O)(=O)N(C)C)cc1)N(c1cccc(Cl)c1)S(C)(=O)=O. The van der Waals surface area contributed by atoms with Crippen molar-refractivity contribution >= 4 is 43.2 Å². The van der Waals surface area contributed by atoms with Crippen LogP contribution in [-0.4, -0.2) is 66.6 Å². The molecular formula is C21H28ClN3O6S2. The Morgan fingerprint density at radius 2 is 1.73 bits per heavy atom. The lowest BCUT2D eigenvalue weighted by molar-refractivity contribution is -0.122. The van der Waals surface area contributed by atoms with Gasteiger partial charge < -0.3 is 10.1 Å². The van der Waals surface area contributed by atoms with Crippen molar-refractivity contribution in [2.24, 2.45) is 0 Å². The lowest BCUT2D eigenvalue weighted by Crippen LogP contribution is -2.50. The number of nitrogens with one attached hydrogen (secondary N) is 1. The molecule has 0 heterocycles. The van der Waals surface area contributed by atoms with Crippen molar-refractivity contribution in [3.05, 3.63) is 53.6 Å². The van der Waals surface area contributed by atoms with Gasteiger partial charge in [-0.15, -0.1) is 0 Å². The van der Waals surface area contributed by atoms with Gasteiger partial charge in [-0.2, -0.15) is 0 Å². The Morgan fingerprint density at radius 3 is 2.24 bits per heavy atom. The predicted molar refractivity (Wildman–Crippen MR) is 129 cm³/mol. The standard InChI is InChI=1S/C21H28ClN3O6S2/c1-5-20(25(32(4,27)28)17-8-6-7-16(22)15-17)21(26)23-13-14-31-18-9-11-19(12-10-18)33(29,30)24(2)3/h6-12,15,20H,5,13-14H2,1-4H3,(H,23,26). The molecule has 0 aliphatic carbocycles. The zero-order valence-electron chi connectivity index (χ0n) is 18.9. The Bertz CT molecular complexity index is 1170. The third-order valence-corrected chi connectivity index (χ3v) is 7.91. The van der Waals surface area contributed by atoms with Crippen LogP contribution in [0.4, 0.5) is 5.69 Å². The zero-order valence-corrected chi connectivity index (χ0v) is 21.2. The van der Waals surface area contributed by atoms with E-state index in [0.717, 1.165) is 14.9 Å². The molecule has 0 spiro atoms. The molecule has 2 aromatic carbocycles. The summed E-state index contributed by atoms with van der Waals surface area (Å²) in [5, 5.41) is 3.04. The zero-order chi connectivity index (χ0) is 24.8. The van der Waals surface area contributed by atoms with Gasteiger partial charge in [0, 0.05) is 19.1 Å².